The molecule has 0 atom stereocenters. The Morgan fingerprint density at radius 3 is 1.90 bits per heavy atom. The first-order chi connectivity index (χ1) is 14.0. The second-order valence-electron chi connectivity index (χ2n) is 7.30. The Labute approximate surface area is 180 Å². The van der Waals surface area contributed by atoms with Crippen LogP contribution in [0.2, 0.25) is 10.0 Å². The fourth-order valence-corrected chi connectivity index (χ4v) is 4.16. The van der Waals surface area contributed by atoms with Gasteiger partial charge in [-0.25, -0.2) is 4.98 Å². The number of benzene rings is 2. The predicted molar refractivity (Wildman–Crippen MR) is 115 cm³/mol. The SMILES string of the molecule is CN1CCN(C(=O)C(c2ccc(Cl)cc2)(c2ccc(Cl)cc2)c2ncc[nH]2)CC1. The molecule has 1 aliphatic rings. The molecule has 5 nitrogen and oxygen atoms in total. The Morgan fingerprint density at radius 1 is 0.931 bits per heavy atom. The highest BCUT2D eigenvalue weighted by Gasteiger charge is 2.48. The lowest BCUT2D eigenvalue weighted by molar-refractivity contribution is -0.136. The molecular weight excluding hydrogens is 407 g/mol. The van der Waals surface area contributed by atoms with Crippen LogP contribution in [-0.2, 0) is 10.2 Å². The molecule has 1 saturated heterocycles. The number of hydrogen-bond donors (Lipinski definition) is 1. The van der Waals surface area contributed by atoms with Gasteiger partial charge in [0.25, 0.3) is 0 Å². The summed E-state index contributed by atoms with van der Waals surface area (Å²) in [6, 6.07) is 14.8. The maximum atomic E-state index is 14.2. The average Bonchev–Trinajstić information content (AvgIpc) is 3.26. The zero-order valence-electron chi connectivity index (χ0n) is 16.1. The number of imidazole rings is 1. The van der Waals surface area contributed by atoms with Crippen molar-refractivity contribution in [1.29, 1.82) is 0 Å². The van der Waals surface area contributed by atoms with Crippen LogP contribution in [0.1, 0.15) is 17.0 Å². The van der Waals surface area contributed by atoms with Gasteiger partial charge in [-0.3, -0.25) is 4.79 Å². The highest BCUT2D eigenvalue weighted by molar-refractivity contribution is 6.30. The molecule has 0 aliphatic carbocycles. The lowest BCUT2D eigenvalue weighted by Gasteiger charge is -2.40. The summed E-state index contributed by atoms with van der Waals surface area (Å²) < 4.78 is 0. The maximum absolute atomic E-state index is 14.2. The highest BCUT2D eigenvalue weighted by Crippen LogP contribution is 2.40. The number of carbonyl (C=O) groups is 1. The Hall–Kier alpha value is -2.34. The van der Waals surface area contributed by atoms with Gasteiger partial charge in [-0.1, -0.05) is 47.5 Å². The van der Waals surface area contributed by atoms with Crippen LogP contribution in [-0.4, -0.2) is 58.9 Å². The van der Waals surface area contributed by atoms with Crippen LogP contribution in [0.3, 0.4) is 0 Å². The molecule has 150 valence electrons. The van der Waals surface area contributed by atoms with Crippen LogP contribution in [0.4, 0.5) is 0 Å². The molecule has 0 saturated carbocycles. The molecule has 4 rings (SSSR count). The van der Waals surface area contributed by atoms with Crippen LogP contribution in [0.5, 0.6) is 0 Å². The molecule has 1 aliphatic heterocycles. The first-order valence-corrected chi connectivity index (χ1v) is 10.3. The van der Waals surface area contributed by atoms with Gasteiger partial charge in [0, 0.05) is 48.6 Å². The zero-order chi connectivity index (χ0) is 20.4. The topological polar surface area (TPSA) is 52.2 Å². The summed E-state index contributed by atoms with van der Waals surface area (Å²) in [5, 5.41) is 1.23. The Balaban J connectivity index is 1.94. The van der Waals surface area contributed by atoms with Gasteiger partial charge in [-0.2, -0.15) is 0 Å². The van der Waals surface area contributed by atoms with E-state index >= 15 is 0 Å². The minimum absolute atomic E-state index is 0.00908. The van der Waals surface area contributed by atoms with Crippen molar-refractivity contribution < 1.29 is 4.79 Å². The van der Waals surface area contributed by atoms with Crippen molar-refractivity contribution in [3.63, 3.8) is 0 Å². The number of H-pyrrole nitrogens is 1. The first kappa shape index (κ1) is 20.0. The molecule has 1 N–H and O–H groups in total. The highest BCUT2D eigenvalue weighted by atomic mass is 35.5. The second kappa shape index (κ2) is 8.19. The van der Waals surface area contributed by atoms with E-state index in [-0.39, 0.29) is 5.91 Å². The summed E-state index contributed by atoms with van der Waals surface area (Å²) >= 11 is 12.3. The molecule has 0 spiro atoms. The van der Waals surface area contributed by atoms with Crippen molar-refractivity contribution in [3.8, 4) is 0 Å². The van der Waals surface area contributed by atoms with Gasteiger partial charge in [0.2, 0.25) is 5.91 Å². The van der Waals surface area contributed by atoms with E-state index in [4.69, 9.17) is 23.2 Å². The van der Waals surface area contributed by atoms with Gasteiger partial charge in [0.05, 0.1) is 0 Å². The van der Waals surface area contributed by atoms with E-state index < -0.39 is 5.41 Å². The van der Waals surface area contributed by atoms with Crippen molar-refractivity contribution in [2.45, 2.75) is 5.41 Å². The van der Waals surface area contributed by atoms with Crippen LogP contribution in [0.15, 0.2) is 60.9 Å². The van der Waals surface area contributed by atoms with Crippen LogP contribution < -0.4 is 0 Å². The monoisotopic (exact) mass is 428 g/mol. The Morgan fingerprint density at radius 2 is 1.45 bits per heavy atom. The van der Waals surface area contributed by atoms with Crippen molar-refractivity contribution in [2.75, 3.05) is 33.2 Å². The lowest BCUT2D eigenvalue weighted by Crippen LogP contribution is -2.55. The number of rotatable bonds is 4. The summed E-state index contributed by atoms with van der Waals surface area (Å²) in [6.45, 7) is 3.00. The summed E-state index contributed by atoms with van der Waals surface area (Å²) in [5.74, 6) is 0.566. The third-order valence-corrected chi connectivity index (χ3v) is 6.02. The van der Waals surface area contributed by atoms with Crippen molar-refractivity contribution in [1.82, 2.24) is 19.8 Å². The van der Waals surface area contributed by atoms with Gasteiger partial charge >= 0.3 is 0 Å². The largest absolute Gasteiger partial charge is 0.347 e. The number of aromatic amines is 1. The van der Waals surface area contributed by atoms with E-state index in [1.807, 2.05) is 53.4 Å². The van der Waals surface area contributed by atoms with E-state index in [9.17, 15) is 4.79 Å². The van der Waals surface area contributed by atoms with Gasteiger partial charge < -0.3 is 14.8 Å². The van der Waals surface area contributed by atoms with Crippen LogP contribution in [0.25, 0.3) is 0 Å². The fourth-order valence-electron chi connectivity index (χ4n) is 3.91. The average molecular weight is 429 g/mol. The lowest BCUT2D eigenvalue weighted by atomic mass is 9.72. The van der Waals surface area contributed by atoms with Crippen molar-refractivity contribution in [3.05, 3.63) is 87.9 Å². The number of halogens is 2. The maximum Gasteiger partial charge on any atom is 0.245 e. The smallest absolute Gasteiger partial charge is 0.245 e. The number of nitrogens with zero attached hydrogens (tertiary/aromatic N) is 3. The van der Waals surface area contributed by atoms with Gasteiger partial charge in [-0.05, 0) is 42.4 Å². The molecule has 0 unspecified atom stereocenters. The number of aromatic nitrogens is 2. The normalized spacial score (nSPS) is 15.5. The number of carbonyl (C=O) groups excluding carboxylic acids is 1. The molecule has 29 heavy (non-hydrogen) atoms. The molecule has 0 bridgehead atoms. The fraction of sp³-hybridized carbons (Fsp3) is 0.273. The second-order valence-corrected chi connectivity index (χ2v) is 8.17. The molecule has 7 heteroatoms. The van der Waals surface area contributed by atoms with E-state index in [2.05, 4.69) is 21.9 Å². The molecule has 1 fully saturated rings. The minimum atomic E-state index is -1.12. The van der Waals surface area contributed by atoms with E-state index in [0.29, 0.717) is 29.0 Å². The first-order valence-electron chi connectivity index (χ1n) is 9.51. The van der Waals surface area contributed by atoms with E-state index in [1.165, 1.54) is 0 Å². The summed E-state index contributed by atoms with van der Waals surface area (Å²) in [7, 11) is 2.07. The zero-order valence-corrected chi connectivity index (χ0v) is 17.6. The molecule has 1 amide bonds. The predicted octanol–water partition coefficient (Wildman–Crippen LogP) is 3.82. The third-order valence-electron chi connectivity index (χ3n) is 5.52. The molecule has 2 heterocycles. The molecule has 2 aromatic carbocycles. The van der Waals surface area contributed by atoms with Crippen LogP contribution >= 0.6 is 23.2 Å². The third kappa shape index (κ3) is 3.66. The van der Waals surface area contributed by atoms with Crippen molar-refractivity contribution in [2.24, 2.45) is 0 Å². The quantitative estimate of drug-likeness (QED) is 0.686. The molecular formula is C22H22Cl2N4O. The number of hydrogen-bond acceptors (Lipinski definition) is 3. The molecule has 1 aromatic heterocycles. The molecule has 0 radical (unpaired) electrons. The van der Waals surface area contributed by atoms with Crippen molar-refractivity contribution >= 4 is 29.1 Å². The Kier molecular flexibility index (Phi) is 5.63. The Bertz CT molecular complexity index is 918. The number of nitrogens with one attached hydrogen (secondary N) is 1. The summed E-state index contributed by atoms with van der Waals surface area (Å²) in [6.07, 6.45) is 3.42. The van der Waals surface area contributed by atoms with Crippen LogP contribution in [0, 0.1) is 0 Å². The number of amides is 1. The standard InChI is InChI=1S/C22H22Cl2N4O/c1-27-12-14-28(15-13-27)21(29)22(20-25-10-11-26-20,16-2-6-18(23)7-3-16)17-4-8-19(24)9-5-17/h2-11H,12-15H2,1H3,(H,25,26). The minimum Gasteiger partial charge on any atom is -0.347 e. The van der Waals surface area contributed by atoms with Gasteiger partial charge in [0.15, 0.2) is 5.41 Å². The van der Waals surface area contributed by atoms with E-state index in [0.717, 1.165) is 24.2 Å². The summed E-state index contributed by atoms with van der Waals surface area (Å²) in [5.41, 5.74) is 0.500. The number of likely N-dealkylation sites (N-methyl/N-ethyl adjacent to an activating group) is 1. The van der Waals surface area contributed by atoms with Gasteiger partial charge in [0.1, 0.15) is 5.82 Å². The summed E-state index contributed by atoms with van der Waals surface area (Å²) in [4.78, 5) is 26.1. The number of piperazine rings is 1. The van der Waals surface area contributed by atoms with E-state index in [1.54, 1.807) is 12.4 Å². The van der Waals surface area contributed by atoms with Gasteiger partial charge in [-0.15, -0.1) is 0 Å². The molecule has 3 aromatic rings.